The van der Waals surface area contributed by atoms with Crippen molar-refractivity contribution in [3.63, 3.8) is 0 Å². The van der Waals surface area contributed by atoms with Gasteiger partial charge in [0.1, 0.15) is 0 Å². The van der Waals surface area contributed by atoms with E-state index in [1.165, 1.54) is 21.3 Å². The van der Waals surface area contributed by atoms with Crippen molar-refractivity contribution in [1.82, 2.24) is 0 Å². The quantitative estimate of drug-likeness (QED) is 0.574. The Hall–Kier alpha value is -3.22. The van der Waals surface area contributed by atoms with Crippen LogP contribution in [0.25, 0.3) is 0 Å². The van der Waals surface area contributed by atoms with Gasteiger partial charge in [0.25, 0.3) is 5.91 Å². The van der Waals surface area contributed by atoms with E-state index in [1.54, 1.807) is 36.4 Å². The van der Waals surface area contributed by atoms with Gasteiger partial charge in [-0.1, -0.05) is 25.8 Å². The molecule has 0 aliphatic heterocycles. The van der Waals surface area contributed by atoms with Crippen molar-refractivity contribution in [3.8, 4) is 17.2 Å². The summed E-state index contributed by atoms with van der Waals surface area (Å²) < 4.78 is 15.9. The molecule has 2 rings (SSSR count). The fourth-order valence-electron chi connectivity index (χ4n) is 2.85. The van der Waals surface area contributed by atoms with Gasteiger partial charge in [0.2, 0.25) is 11.7 Å². The van der Waals surface area contributed by atoms with Crippen molar-refractivity contribution in [3.05, 3.63) is 42.0 Å². The van der Waals surface area contributed by atoms with Crippen LogP contribution >= 0.6 is 0 Å². The number of carbonyl (C=O) groups excluding carboxylic acids is 2. The van der Waals surface area contributed by atoms with Crippen LogP contribution < -0.4 is 24.8 Å². The van der Waals surface area contributed by atoms with E-state index >= 15 is 0 Å². The summed E-state index contributed by atoms with van der Waals surface area (Å²) in [5, 5.41) is 5.68. The fourth-order valence-corrected chi connectivity index (χ4v) is 2.85. The first-order valence-corrected chi connectivity index (χ1v) is 9.53. The molecule has 0 atom stereocenters. The van der Waals surface area contributed by atoms with Crippen LogP contribution in [0.3, 0.4) is 0 Å². The summed E-state index contributed by atoms with van der Waals surface area (Å²) in [6, 6.07) is 10.2. The molecule has 2 aromatic rings. The predicted octanol–water partition coefficient (Wildman–Crippen LogP) is 4.48. The summed E-state index contributed by atoms with van der Waals surface area (Å²) in [5.74, 6) is 0.830. The van der Waals surface area contributed by atoms with Crippen LogP contribution in [0.5, 0.6) is 17.2 Å². The number of benzene rings is 2. The molecule has 7 heteroatoms. The average molecular weight is 400 g/mol. The molecule has 0 saturated carbocycles. The lowest BCUT2D eigenvalue weighted by Crippen LogP contribution is -2.14. The summed E-state index contributed by atoms with van der Waals surface area (Å²) in [6.07, 6.45) is 3.43. The van der Waals surface area contributed by atoms with Gasteiger partial charge in [0.05, 0.1) is 21.3 Å². The third-order valence-electron chi connectivity index (χ3n) is 4.34. The summed E-state index contributed by atoms with van der Waals surface area (Å²) in [4.78, 5) is 24.7. The smallest absolute Gasteiger partial charge is 0.255 e. The van der Waals surface area contributed by atoms with E-state index in [0.29, 0.717) is 40.6 Å². The van der Waals surface area contributed by atoms with E-state index in [0.717, 1.165) is 19.3 Å². The van der Waals surface area contributed by atoms with Crippen molar-refractivity contribution in [1.29, 1.82) is 0 Å². The molecule has 2 aromatic carbocycles. The van der Waals surface area contributed by atoms with E-state index in [2.05, 4.69) is 17.6 Å². The minimum atomic E-state index is -0.337. The zero-order chi connectivity index (χ0) is 21.2. The van der Waals surface area contributed by atoms with Crippen molar-refractivity contribution < 1.29 is 23.8 Å². The lowest BCUT2D eigenvalue weighted by molar-refractivity contribution is -0.116. The molecule has 0 aliphatic rings. The first-order chi connectivity index (χ1) is 14.0. The van der Waals surface area contributed by atoms with Crippen molar-refractivity contribution in [2.45, 2.75) is 32.6 Å². The molecule has 0 heterocycles. The second kappa shape index (κ2) is 10.9. The minimum absolute atomic E-state index is 0.0356. The van der Waals surface area contributed by atoms with Crippen LogP contribution in [0.15, 0.2) is 36.4 Å². The van der Waals surface area contributed by atoms with E-state index in [1.807, 2.05) is 0 Å². The molecule has 0 unspecified atom stereocenters. The molecular formula is C22H28N2O5. The van der Waals surface area contributed by atoms with Crippen molar-refractivity contribution >= 4 is 23.2 Å². The zero-order valence-electron chi connectivity index (χ0n) is 17.3. The summed E-state index contributed by atoms with van der Waals surface area (Å²) in [5.41, 5.74) is 1.55. The maximum absolute atomic E-state index is 12.7. The Morgan fingerprint density at radius 1 is 0.862 bits per heavy atom. The highest BCUT2D eigenvalue weighted by Gasteiger charge is 2.17. The van der Waals surface area contributed by atoms with E-state index < -0.39 is 0 Å². The molecule has 2 amide bonds. The maximum Gasteiger partial charge on any atom is 0.255 e. The summed E-state index contributed by atoms with van der Waals surface area (Å²) >= 11 is 0. The fraction of sp³-hybridized carbons (Fsp3) is 0.364. The third-order valence-corrected chi connectivity index (χ3v) is 4.34. The van der Waals surface area contributed by atoms with E-state index in [9.17, 15) is 9.59 Å². The number of ether oxygens (including phenoxy) is 3. The molecule has 0 radical (unpaired) electrons. The molecule has 0 saturated heterocycles. The first kappa shape index (κ1) is 22.1. The zero-order valence-corrected chi connectivity index (χ0v) is 17.3. The number of rotatable bonds is 10. The van der Waals surface area contributed by atoms with E-state index in [-0.39, 0.29) is 11.8 Å². The Balaban J connectivity index is 2.12. The molecular weight excluding hydrogens is 372 g/mol. The van der Waals surface area contributed by atoms with Gasteiger partial charge in [-0.05, 0) is 36.8 Å². The van der Waals surface area contributed by atoms with Gasteiger partial charge < -0.3 is 24.8 Å². The number of methoxy groups -OCH3 is 3. The third kappa shape index (κ3) is 6.14. The Bertz CT molecular complexity index is 826. The van der Waals surface area contributed by atoms with Crippen LogP contribution in [0, 0.1) is 0 Å². The van der Waals surface area contributed by atoms with Gasteiger partial charge in [0, 0.05) is 23.4 Å². The van der Waals surface area contributed by atoms with E-state index in [4.69, 9.17) is 14.2 Å². The Morgan fingerprint density at radius 2 is 1.48 bits per heavy atom. The van der Waals surface area contributed by atoms with Gasteiger partial charge in [0.15, 0.2) is 11.5 Å². The lowest BCUT2D eigenvalue weighted by Gasteiger charge is -2.14. The molecule has 7 nitrogen and oxygen atoms in total. The van der Waals surface area contributed by atoms with Crippen LogP contribution in [0.1, 0.15) is 43.0 Å². The molecule has 0 spiro atoms. The highest BCUT2D eigenvalue weighted by atomic mass is 16.5. The highest BCUT2D eigenvalue weighted by Crippen LogP contribution is 2.38. The number of nitrogens with one attached hydrogen (secondary N) is 2. The normalized spacial score (nSPS) is 10.2. The Morgan fingerprint density at radius 3 is 2.03 bits per heavy atom. The van der Waals surface area contributed by atoms with Gasteiger partial charge in [-0.3, -0.25) is 9.59 Å². The molecule has 0 fully saturated rings. The monoisotopic (exact) mass is 400 g/mol. The molecule has 0 aliphatic carbocycles. The molecule has 156 valence electrons. The number of hydrogen-bond donors (Lipinski definition) is 2. The molecule has 2 N–H and O–H groups in total. The predicted molar refractivity (Wildman–Crippen MR) is 113 cm³/mol. The summed E-state index contributed by atoms with van der Waals surface area (Å²) in [7, 11) is 4.49. The van der Waals surface area contributed by atoms with Crippen LogP contribution in [0.4, 0.5) is 11.4 Å². The van der Waals surface area contributed by atoms with Gasteiger partial charge in [-0.25, -0.2) is 0 Å². The van der Waals surface area contributed by atoms with Crippen molar-refractivity contribution in [2.75, 3.05) is 32.0 Å². The summed E-state index contributed by atoms with van der Waals surface area (Å²) in [6.45, 7) is 2.10. The molecule has 29 heavy (non-hydrogen) atoms. The highest BCUT2D eigenvalue weighted by molar-refractivity contribution is 6.05. The Kier molecular flexibility index (Phi) is 8.33. The standard InChI is InChI=1S/C22H28N2O5/c1-5-6-7-11-20(25)23-16-9-8-10-17(14-16)24-22(26)15-12-18(27-2)21(29-4)19(13-15)28-3/h8-10,12-14H,5-7,11H2,1-4H3,(H,23,25)(H,24,26). The lowest BCUT2D eigenvalue weighted by atomic mass is 10.1. The van der Waals surface area contributed by atoms with Gasteiger partial charge in [-0.2, -0.15) is 0 Å². The average Bonchev–Trinajstić information content (AvgIpc) is 2.72. The topological polar surface area (TPSA) is 85.9 Å². The largest absolute Gasteiger partial charge is 0.493 e. The minimum Gasteiger partial charge on any atom is -0.493 e. The number of amides is 2. The van der Waals surface area contributed by atoms with Crippen LogP contribution in [-0.2, 0) is 4.79 Å². The van der Waals surface area contributed by atoms with Gasteiger partial charge in [-0.15, -0.1) is 0 Å². The van der Waals surface area contributed by atoms with Gasteiger partial charge >= 0.3 is 0 Å². The number of hydrogen-bond acceptors (Lipinski definition) is 5. The van der Waals surface area contributed by atoms with Crippen molar-refractivity contribution in [2.24, 2.45) is 0 Å². The molecule has 0 bridgehead atoms. The van der Waals surface area contributed by atoms with Crippen LogP contribution in [0.2, 0.25) is 0 Å². The Labute approximate surface area is 171 Å². The molecule has 0 aromatic heterocycles. The number of anilines is 2. The second-order valence-corrected chi connectivity index (χ2v) is 6.45. The number of carbonyl (C=O) groups is 2. The first-order valence-electron chi connectivity index (χ1n) is 9.53. The SMILES string of the molecule is CCCCCC(=O)Nc1cccc(NC(=O)c2cc(OC)c(OC)c(OC)c2)c1. The maximum atomic E-state index is 12.7. The number of unbranched alkanes of at least 4 members (excludes halogenated alkanes) is 2. The second-order valence-electron chi connectivity index (χ2n) is 6.45. The van der Waals surface area contributed by atoms with Crippen LogP contribution in [-0.4, -0.2) is 33.1 Å².